The second-order valence-corrected chi connectivity index (χ2v) is 4.68. The lowest BCUT2D eigenvalue weighted by molar-refractivity contribution is -0.385. The Morgan fingerprint density at radius 1 is 0.826 bits per heavy atom. The molecule has 2 rings (SSSR count). The van der Waals surface area contributed by atoms with Crippen molar-refractivity contribution in [2.45, 2.75) is 0 Å². The molecule has 116 valence electrons. The van der Waals surface area contributed by atoms with Gasteiger partial charge in [0.2, 0.25) is 5.78 Å². The van der Waals surface area contributed by atoms with Crippen molar-refractivity contribution in [3.63, 3.8) is 0 Å². The number of carbonyl (C=O) groups is 2. The zero-order valence-corrected chi connectivity index (χ0v) is 12.0. The number of carbonyl (C=O) groups excluding carboxylic acids is 2. The summed E-state index contributed by atoms with van der Waals surface area (Å²) >= 11 is 5.29. The van der Waals surface area contributed by atoms with Gasteiger partial charge in [0.15, 0.2) is 0 Å². The summed E-state index contributed by atoms with van der Waals surface area (Å²) < 4.78 is 0. The van der Waals surface area contributed by atoms with Gasteiger partial charge >= 0.3 is 0 Å². The summed E-state index contributed by atoms with van der Waals surface area (Å²) in [5.74, 6) is -0.941. The minimum atomic E-state index is -1.10. The predicted molar refractivity (Wildman–Crippen MR) is 79.8 cm³/mol. The highest BCUT2D eigenvalue weighted by molar-refractivity contribution is 6.68. The Bertz CT molecular complexity index is 849. The highest BCUT2D eigenvalue weighted by Crippen LogP contribution is 2.30. The summed E-state index contributed by atoms with van der Waals surface area (Å²) in [6, 6.07) is 8.49. The van der Waals surface area contributed by atoms with E-state index in [1.54, 1.807) is 0 Å². The van der Waals surface area contributed by atoms with Crippen molar-refractivity contribution >= 4 is 34.0 Å². The van der Waals surface area contributed by atoms with Gasteiger partial charge in [0.25, 0.3) is 16.6 Å². The molecule has 2 aromatic carbocycles. The Labute approximate surface area is 133 Å². The largest absolute Gasteiger partial charge is 0.292 e. The van der Waals surface area contributed by atoms with E-state index in [2.05, 4.69) is 0 Å². The summed E-state index contributed by atoms with van der Waals surface area (Å²) in [7, 11) is 0. The zero-order valence-electron chi connectivity index (χ0n) is 11.3. The van der Waals surface area contributed by atoms with Gasteiger partial charge in [-0.25, -0.2) is 0 Å². The maximum atomic E-state index is 12.5. The van der Waals surface area contributed by atoms with Crippen LogP contribution in [0.15, 0.2) is 42.5 Å². The van der Waals surface area contributed by atoms with Crippen LogP contribution in [0, 0.1) is 20.2 Å². The Morgan fingerprint density at radius 2 is 1.39 bits per heavy atom. The van der Waals surface area contributed by atoms with Gasteiger partial charge in [-0.2, -0.15) is 0 Å². The molecule has 0 aromatic heterocycles. The van der Waals surface area contributed by atoms with E-state index in [1.165, 1.54) is 24.3 Å². The van der Waals surface area contributed by atoms with Crippen molar-refractivity contribution in [1.82, 2.24) is 0 Å². The number of nitrogens with zero attached hydrogens (tertiary/aromatic N) is 2. The van der Waals surface area contributed by atoms with Crippen LogP contribution < -0.4 is 0 Å². The fraction of sp³-hybridized carbons (Fsp3) is 0. The van der Waals surface area contributed by atoms with Gasteiger partial charge in [0.05, 0.1) is 9.85 Å². The Hall–Kier alpha value is -3.13. The van der Waals surface area contributed by atoms with Gasteiger partial charge in [-0.15, -0.1) is 0 Å². The van der Waals surface area contributed by atoms with Crippen LogP contribution in [0.4, 0.5) is 11.4 Å². The Balaban J connectivity index is 2.71. The van der Waals surface area contributed by atoms with Gasteiger partial charge in [0, 0.05) is 6.07 Å². The van der Waals surface area contributed by atoms with Gasteiger partial charge in [-0.1, -0.05) is 18.2 Å². The van der Waals surface area contributed by atoms with E-state index in [1.807, 2.05) is 0 Å². The number of rotatable bonds is 5. The molecule has 0 N–H and O–H groups in total. The van der Waals surface area contributed by atoms with Gasteiger partial charge in [-0.05, 0) is 29.8 Å². The lowest BCUT2D eigenvalue weighted by Crippen LogP contribution is -2.10. The minimum Gasteiger partial charge on any atom is -0.288 e. The molecule has 0 amide bonds. The standard InChI is InChI=1S/C14H7ClN2O6/c15-14(19)10-6-3-5-9(12(10)17(22)23)13(18)8-4-1-2-7-11(8)16(20)21/h1-7H. The SMILES string of the molecule is O=C(Cl)c1cccc(C(=O)c2ccccc2[N+](=O)[O-])c1[N+](=O)[O-]. The number of nitro benzene ring substituents is 2. The van der Waals surface area contributed by atoms with Crippen LogP contribution in [-0.4, -0.2) is 20.9 Å². The summed E-state index contributed by atoms with van der Waals surface area (Å²) in [5, 5.41) is 21.1. The summed E-state index contributed by atoms with van der Waals surface area (Å²) in [6.45, 7) is 0. The summed E-state index contributed by atoms with van der Waals surface area (Å²) in [5.41, 5.74) is -2.50. The van der Waals surface area contributed by atoms with Gasteiger partial charge in [0.1, 0.15) is 16.7 Å². The molecule has 0 heterocycles. The second kappa shape index (κ2) is 6.32. The zero-order chi connectivity index (χ0) is 17.1. The van der Waals surface area contributed by atoms with E-state index in [-0.39, 0.29) is 5.56 Å². The van der Waals surface area contributed by atoms with E-state index in [4.69, 9.17) is 11.6 Å². The first kappa shape index (κ1) is 16.2. The van der Waals surface area contributed by atoms with Crippen molar-refractivity contribution in [2.75, 3.05) is 0 Å². The first-order valence-electron chi connectivity index (χ1n) is 6.10. The van der Waals surface area contributed by atoms with Crippen LogP contribution in [0.1, 0.15) is 26.3 Å². The third-order valence-electron chi connectivity index (χ3n) is 3.02. The van der Waals surface area contributed by atoms with Crippen molar-refractivity contribution in [3.05, 3.63) is 79.4 Å². The predicted octanol–water partition coefficient (Wildman–Crippen LogP) is 3.11. The van der Waals surface area contributed by atoms with Crippen LogP contribution in [0.2, 0.25) is 0 Å². The smallest absolute Gasteiger partial charge is 0.288 e. The molecule has 8 nitrogen and oxygen atoms in total. The molecule has 0 aliphatic carbocycles. The molecule has 0 aliphatic heterocycles. The molecule has 0 saturated heterocycles. The van der Waals surface area contributed by atoms with Crippen molar-refractivity contribution in [1.29, 1.82) is 0 Å². The molecular weight excluding hydrogens is 328 g/mol. The summed E-state index contributed by atoms with van der Waals surface area (Å²) in [4.78, 5) is 44.3. The van der Waals surface area contributed by atoms with Crippen molar-refractivity contribution in [2.24, 2.45) is 0 Å². The Kier molecular flexibility index (Phi) is 4.47. The van der Waals surface area contributed by atoms with Gasteiger partial charge < -0.3 is 0 Å². The molecule has 2 aromatic rings. The van der Waals surface area contributed by atoms with Crippen molar-refractivity contribution in [3.8, 4) is 0 Å². The average molecular weight is 335 g/mol. The molecule has 0 radical (unpaired) electrons. The van der Waals surface area contributed by atoms with E-state index < -0.39 is 43.4 Å². The number of halogens is 1. The number of benzene rings is 2. The Morgan fingerprint density at radius 3 is 1.96 bits per heavy atom. The highest BCUT2D eigenvalue weighted by Gasteiger charge is 2.30. The molecular formula is C14H7ClN2O6. The van der Waals surface area contributed by atoms with E-state index in [9.17, 15) is 29.8 Å². The average Bonchev–Trinajstić information content (AvgIpc) is 2.53. The second-order valence-electron chi connectivity index (χ2n) is 4.34. The van der Waals surface area contributed by atoms with E-state index in [0.717, 1.165) is 18.2 Å². The minimum absolute atomic E-state index is 0.320. The van der Waals surface area contributed by atoms with E-state index in [0.29, 0.717) is 0 Å². The van der Waals surface area contributed by atoms with Crippen LogP contribution >= 0.6 is 11.6 Å². The molecule has 23 heavy (non-hydrogen) atoms. The first-order valence-corrected chi connectivity index (χ1v) is 6.47. The fourth-order valence-corrected chi connectivity index (χ4v) is 2.20. The van der Waals surface area contributed by atoms with Crippen molar-refractivity contribution < 1.29 is 19.4 Å². The molecule has 0 spiro atoms. The van der Waals surface area contributed by atoms with Crippen LogP contribution in [-0.2, 0) is 0 Å². The monoisotopic (exact) mass is 334 g/mol. The molecule has 0 aliphatic rings. The first-order chi connectivity index (χ1) is 10.8. The van der Waals surface area contributed by atoms with Gasteiger partial charge in [-0.3, -0.25) is 29.8 Å². The van der Waals surface area contributed by atoms with E-state index >= 15 is 0 Å². The third kappa shape index (κ3) is 3.06. The molecule has 0 atom stereocenters. The van der Waals surface area contributed by atoms with Crippen LogP contribution in [0.25, 0.3) is 0 Å². The molecule has 0 unspecified atom stereocenters. The normalized spacial score (nSPS) is 10.1. The maximum Gasteiger partial charge on any atom is 0.292 e. The molecule has 0 bridgehead atoms. The quantitative estimate of drug-likeness (QED) is 0.358. The fourth-order valence-electron chi connectivity index (χ4n) is 2.05. The number of hydrogen-bond donors (Lipinski definition) is 0. The molecule has 9 heteroatoms. The summed E-state index contributed by atoms with van der Waals surface area (Å²) in [6.07, 6.45) is 0. The topological polar surface area (TPSA) is 120 Å². The number of hydrogen-bond acceptors (Lipinski definition) is 6. The van der Waals surface area contributed by atoms with Crippen LogP contribution in [0.3, 0.4) is 0 Å². The highest BCUT2D eigenvalue weighted by atomic mass is 35.5. The number of nitro groups is 2. The number of ketones is 1. The third-order valence-corrected chi connectivity index (χ3v) is 3.22. The lowest BCUT2D eigenvalue weighted by Gasteiger charge is -2.05. The lowest BCUT2D eigenvalue weighted by atomic mass is 9.98. The maximum absolute atomic E-state index is 12.5. The number of para-hydroxylation sites is 2. The molecule has 0 fully saturated rings. The molecule has 0 saturated carbocycles. The van der Waals surface area contributed by atoms with Crippen LogP contribution in [0.5, 0.6) is 0 Å².